The number of halogens is 3. The average Bonchev–Trinajstić information content (AvgIpc) is 2.77. The number of aromatic nitrogens is 1. The monoisotopic (exact) mass is 302 g/mol. The van der Waals surface area contributed by atoms with E-state index in [-0.39, 0.29) is 6.54 Å². The molecule has 1 amide bonds. The molecule has 2 atom stereocenters. The van der Waals surface area contributed by atoms with Crippen LogP contribution in [0.5, 0.6) is 0 Å². The van der Waals surface area contributed by atoms with Crippen molar-refractivity contribution in [2.75, 3.05) is 13.1 Å². The van der Waals surface area contributed by atoms with Crippen molar-refractivity contribution in [2.45, 2.75) is 18.5 Å². The van der Waals surface area contributed by atoms with Crippen molar-refractivity contribution >= 4 is 11.9 Å². The van der Waals surface area contributed by atoms with Gasteiger partial charge in [-0.1, -0.05) is 13.0 Å². The molecule has 2 heterocycles. The SMILES string of the molecule is CC1(c2ccccn2)CN(C(=O)C(F)(F)F)CC1C(=O)O. The first-order chi connectivity index (χ1) is 9.66. The van der Waals surface area contributed by atoms with Crippen LogP contribution in [0.3, 0.4) is 0 Å². The quantitative estimate of drug-likeness (QED) is 0.897. The number of hydrogen-bond acceptors (Lipinski definition) is 3. The van der Waals surface area contributed by atoms with E-state index in [0.717, 1.165) is 0 Å². The van der Waals surface area contributed by atoms with Gasteiger partial charge in [-0.2, -0.15) is 13.2 Å². The van der Waals surface area contributed by atoms with Gasteiger partial charge in [0, 0.05) is 30.4 Å². The van der Waals surface area contributed by atoms with Gasteiger partial charge in [-0.25, -0.2) is 0 Å². The molecule has 114 valence electrons. The Morgan fingerprint density at radius 2 is 2.10 bits per heavy atom. The van der Waals surface area contributed by atoms with Gasteiger partial charge in [0.15, 0.2) is 0 Å². The van der Waals surface area contributed by atoms with Gasteiger partial charge in [-0.05, 0) is 12.1 Å². The zero-order valence-electron chi connectivity index (χ0n) is 11.1. The minimum Gasteiger partial charge on any atom is -0.481 e. The Morgan fingerprint density at radius 1 is 1.43 bits per heavy atom. The summed E-state index contributed by atoms with van der Waals surface area (Å²) >= 11 is 0. The highest BCUT2D eigenvalue weighted by molar-refractivity contribution is 5.84. The summed E-state index contributed by atoms with van der Waals surface area (Å²) in [6.45, 7) is 0.692. The van der Waals surface area contributed by atoms with Gasteiger partial charge in [-0.3, -0.25) is 14.6 Å². The fourth-order valence-corrected chi connectivity index (χ4v) is 2.64. The van der Waals surface area contributed by atoms with E-state index in [1.165, 1.54) is 13.1 Å². The van der Waals surface area contributed by atoms with Gasteiger partial charge < -0.3 is 10.0 Å². The number of nitrogens with zero attached hydrogens (tertiary/aromatic N) is 2. The van der Waals surface area contributed by atoms with Crippen LogP contribution in [0, 0.1) is 5.92 Å². The smallest absolute Gasteiger partial charge is 0.471 e. The third-order valence-corrected chi connectivity index (χ3v) is 3.77. The van der Waals surface area contributed by atoms with E-state index in [1.54, 1.807) is 18.2 Å². The highest BCUT2D eigenvalue weighted by Gasteiger charge is 2.54. The predicted molar refractivity (Wildman–Crippen MR) is 65.3 cm³/mol. The van der Waals surface area contributed by atoms with Gasteiger partial charge in [0.05, 0.1) is 5.92 Å². The van der Waals surface area contributed by atoms with Gasteiger partial charge in [0.1, 0.15) is 0 Å². The molecule has 1 saturated heterocycles. The fourth-order valence-electron chi connectivity index (χ4n) is 2.64. The molecule has 8 heteroatoms. The predicted octanol–water partition coefficient (Wildman–Crippen LogP) is 1.44. The third kappa shape index (κ3) is 2.70. The Hall–Kier alpha value is -2.12. The number of rotatable bonds is 2. The van der Waals surface area contributed by atoms with Crippen molar-refractivity contribution < 1.29 is 27.9 Å². The first kappa shape index (κ1) is 15.3. The van der Waals surface area contributed by atoms with Crippen molar-refractivity contribution in [3.8, 4) is 0 Å². The molecule has 0 bridgehead atoms. The number of carbonyl (C=O) groups excluding carboxylic acids is 1. The van der Waals surface area contributed by atoms with Gasteiger partial charge in [-0.15, -0.1) is 0 Å². The number of alkyl halides is 3. The van der Waals surface area contributed by atoms with E-state index in [2.05, 4.69) is 4.98 Å². The Balaban J connectivity index is 2.37. The van der Waals surface area contributed by atoms with Crippen LogP contribution in [0.1, 0.15) is 12.6 Å². The topological polar surface area (TPSA) is 70.5 Å². The van der Waals surface area contributed by atoms with Crippen LogP contribution in [-0.4, -0.2) is 46.1 Å². The lowest BCUT2D eigenvalue weighted by atomic mass is 9.77. The Morgan fingerprint density at radius 3 is 2.57 bits per heavy atom. The lowest BCUT2D eigenvalue weighted by Crippen LogP contribution is -2.41. The molecule has 1 N–H and O–H groups in total. The average molecular weight is 302 g/mol. The molecule has 21 heavy (non-hydrogen) atoms. The second-order valence-corrected chi connectivity index (χ2v) is 5.21. The molecule has 0 radical (unpaired) electrons. The van der Waals surface area contributed by atoms with E-state index in [9.17, 15) is 27.9 Å². The molecular weight excluding hydrogens is 289 g/mol. The van der Waals surface area contributed by atoms with Gasteiger partial charge in [0.2, 0.25) is 0 Å². The second kappa shape index (κ2) is 5.01. The van der Waals surface area contributed by atoms with Crippen LogP contribution >= 0.6 is 0 Å². The molecule has 0 aliphatic carbocycles. The Labute approximate surface area is 118 Å². The molecular formula is C13H13F3N2O3. The number of likely N-dealkylation sites (tertiary alicyclic amines) is 1. The van der Waals surface area contributed by atoms with Crippen molar-refractivity contribution in [3.05, 3.63) is 30.1 Å². The van der Waals surface area contributed by atoms with Crippen LogP contribution in [0.25, 0.3) is 0 Å². The first-order valence-electron chi connectivity index (χ1n) is 6.16. The zero-order chi connectivity index (χ0) is 15.8. The number of amides is 1. The Bertz CT molecular complexity index is 562. The number of carboxylic acids is 1. The van der Waals surface area contributed by atoms with E-state index in [1.807, 2.05) is 0 Å². The van der Waals surface area contributed by atoms with E-state index in [4.69, 9.17) is 0 Å². The molecule has 1 aliphatic heterocycles. The van der Waals surface area contributed by atoms with E-state index >= 15 is 0 Å². The molecule has 1 aromatic rings. The maximum Gasteiger partial charge on any atom is 0.471 e. The minimum absolute atomic E-state index is 0.334. The maximum absolute atomic E-state index is 12.5. The number of hydrogen-bond donors (Lipinski definition) is 1. The standard InChI is InChI=1S/C13H13F3N2O3/c1-12(9-4-2-3-5-17-9)7-18(6-8(12)10(19)20)11(21)13(14,15)16/h2-5,8H,6-7H2,1H3,(H,19,20). The second-order valence-electron chi connectivity index (χ2n) is 5.21. The summed E-state index contributed by atoms with van der Waals surface area (Å²) < 4.78 is 37.6. The molecule has 2 rings (SSSR count). The van der Waals surface area contributed by atoms with Crippen LogP contribution in [-0.2, 0) is 15.0 Å². The molecule has 5 nitrogen and oxygen atoms in total. The Kier molecular flexibility index (Phi) is 3.65. The van der Waals surface area contributed by atoms with Crippen molar-refractivity contribution in [1.82, 2.24) is 9.88 Å². The number of carbonyl (C=O) groups is 2. The normalized spacial score (nSPS) is 25.9. The lowest BCUT2D eigenvalue weighted by Gasteiger charge is -2.27. The van der Waals surface area contributed by atoms with Gasteiger partial charge in [0.25, 0.3) is 0 Å². The summed E-state index contributed by atoms with van der Waals surface area (Å²) in [5, 5.41) is 9.27. The molecule has 0 spiro atoms. The number of pyridine rings is 1. The minimum atomic E-state index is -5.02. The van der Waals surface area contributed by atoms with E-state index < -0.39 is 35.9 Å². The summed E-state index contributed by atoms with van der Waals surface area (Å²) in [7, 11) is 0. The highest BCUT2D eigenvalue weighted by Crippen LogP contribution is 2.39. The molecule has 1 aromatic heterocycles. The highest BCUT2D eigenvalue weighted by atomic mass is 19.4. The largest absolute Gasteiger partial charge is 0.481 e. The first-order valence-corrected chi connectivity index (χ1v) is 6.16. The number of carboxylic acid groups (broad SMARTS) is 1. The van der Waals surface area contributed by atoms with Crippen LogP contribution in [0.4, 0.5) is 13.2 Å². The zero-order valence-corrected chi connectivity index (χ0v) is 11.1. The molecule has 2 unspecified atom stereocenters. The maximum atomic E-state index is 12.5. The van der Waals surface area contributed by atoms with Gasteiger partial charge >= 0.3 is 18.1 Å². The van der Waals surface area contributed by atoms with E-state index in [0.29, 0.717) is 10.6 Å². The van der Waals surface area contributed by atoms with Crippen molar-refractivity contribution in [2.24, 2.45) is 5.92 Å². The number of aliphatic carboxylic acids is 1. The van der Waals surface area contributed by atoms with Crippen LogP contribution in [0.2, 0.25) is 0 Å². The summed E-state index contributed by atoms with van der Waals surface area (Å²) in [5.41, 5.74) is -0.802. The summed E-state index contributed by atoms with van der Waals surface area (Å²) in [5.74, 6) is -4.41. The summed E-state index contributed by atoms with van der Waals surface area (Å²) in [6.07, 6.45) is -3.58. The molecule has 1 aliphatic rings. The van der Waals surface area contributed by atoms with Crippen LogP contribution < -0.4 is 0 Å². The fraction of sp³-hybridized carbons (Fsp3) is 0.462. The van der Waals surface area contributed by atoms with Crippen LogP contribution in [0.15, 0.2) is 24.4 Å². The van der Waals surface area contributed by atoms with Crippen molar-refractivity contribution in [3.63, 3.8) is 0 Å². The molecule has 0 saturated carbocycles. The lowest BCUT2D eigenvalue weighted by molar-refractivity contribution is -0.184. The molecule has 0 aromatic carbocycles. The van der Waals surface area contributed by atoms with Crippen molar-refractivity contribution in [1.29, 1.82) is 0 Å². The summed E-state index contributed by atoms with van der Waals surface area (Å²) in [4.78, 5) is 27.3. The third-order valence-electron chi connectivity index (χ3n) is 3.77. The molecule has 1 fully saturated rings. The summed E-state index contributed by atoms with van der Waals surface area (Å²) in [6, 6.07) is 4.80.